The fraction of sp³-hybridized carbons (Fsp3) is 0.300. The molecule has 1 aliphatic carbocycles. The fourth-order valence-corrected chi connectivity index (χ4v) is 3.11. The van der Waals surface area contributed by atoms with Gasteiger partial charge in [0.2, 0.25) is 0 Å². The van der Waals surface area contributed by atoms with Crippen LogP contribution in [0.2, 0.25) is 0 Å². The van der Waals surface area contributed by atoms with Crippen LogP contribution in [0, 0.1) is 11.7 Å². The maximum Gasteiger partial charge on any atom is 0.335 e. The Labute approximate surface area is 145 Å². The lowest BCUT2D eigenvalue weighted by Gasteiger charge is -2.17. The van der Waals surface area contributed by atoms with Gasteiger partial charge in [-0.25, -0.2) is 9.18 Å². The number of carbonyl (C=O) groups excluding carboxylic acids is 1. The Hall–Kier alpha value is -2.69. The summed E-state index contributed by atoms with van der Waals surface area (Å²) in [5.74, 6) is -1.28. The smallest absolute Gasteiger partial charge is 0.335 e. The van der Waals surface area contributed by atoms with Crippen LogP contribution >= 0.6 is 0 Å². The van der Waals surface area contributed by atoms with Gasteiger partial charge < -0.3 is 9.84 Å². The van der Waals surface area contributed by atoms with Crippen LogP contribution in [0.1, 0.15) is 46.0 Å². The quantitative estimate of drug-likeness (QED) is 0.793. The molecule has 0 aliphatic heterocycles. The van der Waals surface area contributed by atoms with Crippen molar-refractivity contribution < 1.29 is 23.8 Å². The molecule has 0 unspecified atom stereocenters. The van der Waals surface area contributed by atoms with Crippen LogP contribution in [0.3, 0.4) is 0 Å². The molecule has 4 nitrogen and oxygen atoms in total. The number of Topliss-reactive ketones (excluding diaryl/α,β-unsaturated/α-hetero) is 1. The Balaban J connectivity index is 2.29. The summed E-state index contributed by atoms with van der Waals surface area (Å²) in [4.78, 5) is 24.4. The van der Waals surface area contributed by atoms with E-state index in [0.29, 0.717) is 28.9 Å². The molecule has 0 amide bonds. The standard InChI is InChI=1S/C20H19FO4/c1-3-13-15(20(23)24)8-7-14(18(13)19(22)11-4-5-11)16-10-12(25-2)6-9-17(16)21/h6-11H,3-5H2,1-2H3,(H,23,24). The van der Waals surface area contributed by atoms with Gasteiger partial charge in [0.25, 0.3) is 0 Å². The number of ketones is 1. The van der Waals surface area contributed by atoms with Gasteiger partial charge in [-0.05, 0) is 54.7 Å². The van der Waals surface area contributed by atoms with E-state index in [-0.39, 0.29) is 22.8 Å². The fourth-order valence-electron chi connectivity index (χ4n) is 3.11. The third-order valence-corrected chi connectivity index (χ3v) is 4.56. The Morgan fingerprint density at radius 2 is 1.92 bits per heavy atom. The molecule has 0 saturated heterocycles. The van der Waals surface area contributed by atoms with E-state index in [1.807, 2.05) is 0 Å². The SMILES string of the molecule is CCc1c(C(=O)O)ccc(-c2cc(OC)ccc2F)c1C(=O)C1CC1. The van der Waals surface area contributed by atoms with Crippen molar-refractivity contribution in [3.63, 3.8) is 0 Å². The maximum atomic E-state index is 14.5. The molecule has 0 atom stereocenters. The Kier molecular flexibility index (Phi) is 4.57. The first-order chi connectivity index (χ1) is 12.0. The highest BCUT2D eigenvalue weighted by atomic mass is 19.1. The number of ether oxygens (including phenoxy) is 1. The van der Waals surface area contributed by atoms with E-state index in [4.69, 9.17) is 4.74 Å². The van der Waals surface area contributed by atoms with Crippen LogP contribution in [0.25, 0.3) is 11.1 Å². The molecule has 5 heteroatoms. The topological polar surface area (TPSA) is 63.6 Å². The number of carboxylic acid groups (broad SMARTS) is 1. The molecule has 25 heavy (non-hydrogen) atoms. The minimum atomic E-state index is -1.08. The molecular weight excluding hydrogens is 323 g/mol. The Bertz CT molecular complexity index is 853. The number of aromatic carboxylic acids is 1. The molecule has 3 rings (SSSR count). The summed E-state index contributed by atoms with van der Waals surface area (Å²) in [7, 11) is 1.48. The minimum Gasteiger partial charge on any atom is -0.497 e. The average molecular weight is 342 g/mol. The summed E-state index contributed by atoms with van der Waals surface area (Å²) in [6.45, 7) is 1.80. The van der Waals surface area contributed by atoms with Crippen molar-refractivity contribution in [1.82, 2.24) is 0 Å². The largest absolute Gasteiger partial charge is 0.497 e. The summed E-state index contributed by atoms with van der Waals surface area (Å²) >= 11 is 0. The molecule has 0 aromatic heterocycles. The molecule has 1 saturated carbocycles. The minimum absolute atomic E-state index is 0.0956. The monoisotopic (exact) mass is 342 g/mol. The lowest BCUT2D eigenvalue weighted by Crippen LogP contribution is -2.13. The van der Waals surface area contributed by atoms with Crippen LogP contribution in [0.4, 0.5) is 4.39 Å². The summed E-state index contributed by atoms with van der Waals surface area (Å²) < 4.78 is 19.6. The lowest BCUT2D eigenvalue weighted by molar-refractivity contribution is 0.0695. The molecule has 130 valence electrons. The Morgan fingerprint density at radius 1 is 1.20 bits per heavy atom. The van der Waals surface area contributed by atoms with E-state index >= 15 is 0 Å². The third-order valence-electron chi connectivity index (χ3n) is 4.56. The van der Waals surface area contributed by atoms with E-state index in [0.717, 1.165) is 12.8 Å². The van der Waals surface area contributed by atoms with Gasteiger partial charge in [-0.1, -0.05) is 13.0 Å². The van der Waals surface area contributed by atoms with E-state index in [9.17, 15) is 19.1 Å². The van der Waals surface area contributed by atoms with Crippen molar-refractivity contribution in [2.75, 3.05) is 7.11 Å². The number of rotatable bonds is 6. The van der Waals surface area contributed by atoms with Crippen molar-refractivity contribution >= 4 is 11.8 Å². The number of hydrogen-bond acceptors (Lipinski definition) is 3. The third kappa shape index (κ3) is 3.14. The van der Waals surface area contributed by atoms with Crippen molar-refractivity contribution in [1.29, 1.82) is 0 Å². The molecule has 2 aromatic rings. The van der Waals surface area contributed by atoms with E-state index in [1.54, 1.807) is 6.92 Å². The highest BCUT2D eigenvalue weighted by Crippen LogP contribution is 2.39. The second kappa shape index (κ2) is 6.67. The summed E-state index contributed by atoms with van der Waals surface area (Å²) in [5, 5.41) is 9.45. The molecule has 0 bridgehead atoms. The number of hydrogen-bond donors (Lipinski definition) is 1. The normalized spacial score (nSPS) is 13.6. The first-order valence-electron chi connectivity index (χ1n) is 8.25. The van der Waals surface area contributed by atoms with Gasteiger partial charge in [-0.15, -0.1) is 0 Å². The number of benzene rings is 2. The van der Waals surface area contributed by atoms with Crippen molar-refractivity contribution in [3.8, 4) is 16.9 Å². The summed E-state index contributed by atoms with van der Waals surface area (Å²) in [5.41, 5.74) is 1.56. The highest BCUT2D eigenvalue weighted by Gasteiger charge is 2.34. The van der Waals surface area contributed by atoms with E-state index in [2.05, 4.69) is 0 Å². The summed E-state index contributed by atoms with van der Waals surface area (Å²) in [6.07, 6.45) is 1.97. The van der Waals surface area contributed by atoms with Crippen LogP contribution in [-0.4, -0.2) is 24.0 Å². The lowest BCUT2D eigenvalue weighted by atomic mass is 9.87. The second-order valence-corrected chi connectivity index (χ2v) is 6.16. The van der Waals surface area contributed by atoms with Crippen LogP contribution in [-0.2, 0) is 6.42 Å². The van der Waals surface area contributed by atoms with Crippen molar-refractivity contribution in [2.24, 2.45) is 5.92 Å². The zero-order valence-electron chi connectivity index (χ0n) is 14.1. The number of carbonyl (C=O) groups is 2. The number of halogens is 1. The van der Waals surface area contributed by atoms with Crippen molar-refractivity contribution in [2.45, 2.75) is 26.2 Å². The predicted molar refractivity (Wildman–Crippen MR) is 91.8 cm³/mol. The van der Waals surface area contributed by atoms with E-state index in [1.165, 1.54) is 37.4 Å². The zero-order valence-corrected chi connectivity index (χ0v) is 14.1. The van der Waals surface area contributed by atoms with Crippen LogP contribution < -0.4 is 4.74 Å². The molecule has 1 fully saturated rings. The van der Waals surface area contributed by atoms with Crippen LogP contribution in [0.15, 0.2) is 30.3 Å². The van der Waals surface area contributed by atoms with Crippen molar-refractivity contribution in [3.05, 3.63) is 52.8 Å². The Morgan fingerprint density at radius 3 is 2.48 bits per heavy atom. The second-order valence-electron chi connectivity index (χ2n) is 6.16. The molecule has 0 radical (unpaired) electrons. The van der Waals surface area contributed by atoms with Gasteiger partial charge in [0.1, 0.15) is 11.6 Å². The molecular formula is C20H19FO4. The first kappa shape index (κ1) is 17.1. The zero-order chi connectivity index (χ0) is 18.1. The van der Waals surface area contributed by atoms with Gasteiger partial charge >= 0.3 is 5.97 Å². The average Bonchev–Trinajstić information content (AvgIpc) is 3.45. The molecule has 1 aliphatic rings. The highest BCUT2D eigenvalue weighted by molar-refractivity contribution is 6.08. The van der Waals surface area contributed by atoms with Gasteiger partial charge in [0, 0.05) is 17.0 Å². The van der Waals surface area contributed by atoms with E-state index < -0.39 is 11.8 Å². The maximum absolute atomic E-state index is 14.5. The molecule has 1 N–H and O–H groups in total. The van der Waals surface area contributed by atoms with Gasteiger partial charge in [-0.3, -0.25) is 4.79 Å². The van der Waals surface area contributed by atoms with Crippen LogP contribution in [0.5, 0.6) is 5.75 Å². The number of carboxylic acids is 1. The summed E-state index contributed by atoms with van der Waals surface area (Å²) in [6, 6.07) is 7.30. The molecule has 2 aromatic carbocycles. The molecule has 0 spiro atoms. The molecule has 0 heterocycles. The van der Waals surface area contributed by atoms with Gasteiger partial charge in [0.15, 0.2) is 5.78 Å². The first-order valence-corrected chi connectivity index (χ1v) is 8.25. The number of methoxy groups -OCH3 is 1. The van der Waals surface area contributed by atoms with Gasteiger partial charge in [0.05, 0.1) is 12.7 Å². The van der Waals surface area contributed by atoms with Gasteiger partial charge in [-0.2, -0.15) is 0 Å². The predicted octanol–water partition coefficient (Wildman–Crippen LogP) is 4.35.